The molecule has 1 heterocycles. The van der Waals surface area contributed by atoms with E-state index < -0.39 is 10.0 Å². The van der Waals surface area contributed by atoms with Crippen LogP contribution in [0.4, 0.5) is 0 Å². The molecule has 19 heavy (non-hydrogen) atoms. The summed E-state index contributed by atoms with van der Waals surface area (Å²) in [6.45, 7) is 1.77. The highest BCUT2D eigenvalue weighted by molar-refractivity contribution is 7.89. The summed E-state index contributed by atoms with van der Waals surface area (Å²) in [5.41, 5.74) is 0. The summed E-state index contributed by atoms with van der Waals surface area (Å²) in [5, 5.41) is 0.209. The Balaban J connectivity index is 2.11. The van der Waals surface area contributed by atoms with Gasteiger partial charge in [0.2, 0.25) is 10.0 Å². The average Bonchev–Trinajstić information content (AvgIpc) is 2.81. The first kappa shape index (κ1) is 14.1. The Morgan fingerprint density at radius 1 is 1.26 bits per heavy atom. The minimum atomic E-state index is -3.62. The fourth-order valence-corrected chi connectivity index (χ4v) is 3.53. The molecule has 0 spiro atoms. The molecule has 0 amide bonds. The summed E-state index contributed by atoms with van der Waals surface area (Å²) in [5.74, 6) is 0.731. The van der Waals surface area contributed by atoms with Crippen molar-refractivity contribution in [3.8, 4) is 0 Å². The van der Waals surface area contributed by atoms with Crippen molar-refractivity contribution >= 4 is 21.6 Å². The minimum absolute atomic E-state index is 0.0861. The Morgan fingerprint density at radius 2 is 2.00 bits per heavy atom. The van der Waals surface area contributed by atoms with E-state index in [1.165, 1.54) is 6.07 Å². The Morgan fingerprint density at radius 3 is 2.63 bits per heavy atom. The summed E-state index contributed by atoms with van der Waals surface area (Å²) in [6, 6.07) is 9.64. The Kier molecular flexibility index (Phi) is 4.29. The topological polar surface area (TPSA) is 59.3 Å². The van der Waals surface area contributed by atoms with Crippen molar-refractivity contribution in [2.75, 3.05) is 0 Å². The largest absolute Gasteiger partial charge is 0.469 e. The van der Waals surface area contributed by atoms with E-state index >= 15 is 0 Å². The van der Waals surface area contributed by atoms with Crippen LogP contribution in [-0.2, 0) is 16.4 Å². The number of sulfonamides is 1. The quantitative estimate of drug-likeness (QED) is 0.923. The number of furan rings is 1. The van der Waals surface area contributed by atoms with Gasteiger partial charge in [0, 0.05) is 12.5 Å². The van der Waals surface area contributed by atoms with Gasteiger partial charge in [-0.2, -0.15) is 0 Å². The van der Waals surface area contributed by atoms with E-state index in [1.54, 1.807) is 43.5 Å². The number of benzene rings is 1. The molecule has 0 unspecified atom stereocenters. The lowest BCUT2D eigenvalue weighted by atomic mass is 10.2. The summed E-state index contributed by atoms with van der Waals surface area (Å²) in [6.07, 6.45) is 2.04. The standard InChI is InChI=1S/C13H14ClNO3S/c1-10(9-11-5-4-8-18-11)15-19(16,17)13-7-3-2-6-12(13)14/h2-8,10,15H,9H2,1H3/t10-/m1/s1. The highest BCUT2D eigenvalue weighted by atomic mass is 35.5. The maximum absolute atomic E-state index is 12.2. The maximum Gasteiger partial charge on any atom is 0.242 e. The number of halogens is 1. The van der Waals surface area contributed by atoms with Crippen LogP contribution in [0, 0.1) is 0 Å². The van der Waals surface area contributed by atoms with Crippen LogP contribution in [0.15, 0.2) is 52.0 Å². The smallest absolute Gasteiger partial charge is 0.242 e. The van der Waals surface area contributed by atoms with Crippen molar-refractivity contribution in [1.82, 2.24) is 4.72 Å². The molecule has 1 aromatic carbocycles. The Hall–Kier alpha value is -1.30. The molecule has 0 saturated heterocycles. The van der Waals surface area contributed by atoms with Gasteiger partial charge in [-0.25, -0.2) is 13.1 Å². The number of rotatable bonds is 5. The van der Waals surface area contributed by atoms with Gasteiger partial charge < -0.3 is 4.42 Å². The van der Waals surface area contributed by atoms with E-state index in [2.05, 4.69) is 4.72 Å². The summed E-state index contributed by atoms with van der Waals surface area (Å²) in [7, 11) is -3.62. The van der Waals surface area contributed by atoms with Gasteiger partial charge in [0.15, 0.2) is 0 Å². The zero-order chi connectivity index (χ0) is 13.9. The van der Waals surface area contributed by atoms with Crippen LogP contribution in [-0.4, -0.2) is 14.5 Å². The molecule has 0 aliphatic carbocycles. The summed E-state index contributed by atoms with van der Waals surface area (Å²) < 4.78 is 32.1. The predicted molar refractivity (Wildman–Crippen MR) is 73.6 cm³/mol. The highest BCUT2D eigenvalue weighted by Gasteiger charge is 2.20. The maximum atomic E-state index is 12.2. The molecule has 6 heteroatoms. The molecule has 0 saturated carbocycles. The van der Waals surface area contributed by atoms with Gasteiger partial charge in [-0.3, -0.25) is 0 Å². The SMILES string of the molecule is C[C@H](Cc1ccco1)NS(=O)(=O)c1ccccc1Cl. The second kappa shape index (κ2) is 5.77. The van der Waals surface area contributed by atoms with Crippen molar-refractivity contribution in [1.29, 1.82) is 0 Å². The van der Waals surface area contributed by atoms with Crippen molar-refractivity contribution in [3.05, 3.63) is 53.4 Å². The molecule has 1 N–H and O–H groups in total. The molecule has 0 bridgehead atoms. The first-order valence-corrected chi connectivity index (χ1v) is 7.64. The average molecular weight is 300 g/mol. The molecule has 0 aliphatic heterocycles. The lowest BCUT2D eigenvalue weighted by Crippen LogP contribution is -2.34. The Bertz CT molecular complexity index is 638. The van der Waals surface area contributed by atoms with Crippen LogP contribution in [0.5, 0.6) is 0 Å². The van der Waals surface area contributed by atoms with E-state index in [1.807, 2.05) is 0 Å². The van der Waals surface area contributed by atoms with E-state index in [0.717, 1.165) is 5.76 Å². The van der Waals surface area contributed by atoms with Gasteiger partial charge in [0.1, 0.15) is 10.7 Å². The first-order valence-electron chi connectivity index (χ1n) is 5.78. The molecule has 0 radical (unpaired) electrons. The number of nitrogens with one attached hydrogen (secondary N) is 1. The normalized spacial score (nSPS) is 13.4. The third-order valence-corrected chi connectivity index (χ3v) is 4.66. The van der Waals surface area contributed by atoms with Crippen LogP contribution >= 0.6 is 11.6 Å². The zero-order valence-corrected chi connectivity index (χ0v) is 11.9. The lowest BCUT2D eigenvalue weighted by molar-refractivity contribution is 0.479. The Labute approximate surface area is 117 Å². The number of hydrogen-bond donors (Lipinski definition) is 1. The van der Waals surface area contributed by atoms with Gasteiger partial charge in [0.25, 0.3) is 0 Å². The van der Waals surface area contributed by atoms with Crippen molar-refractivity contribution < 1.29 is 12.8 Å². The second-order valence-electron chi connectivity index (χ2n) is 4.24. The van der Waals surface area contributed by atoms with E-state index in [9.17, 15) is 8.42 Å². The molecule has 1 aromatic heterocycles. The first-order chi connectivity index (χ1) is 8.99. The fourth-order valence-electron chi connectivity index (χ4n) is 1.76. The van der Waals surface area contributed by atoms with Crippen LogP contribution in [0.25, 0.3) is 0 Å². The van der Waals surface area contributed by atoms with Gasteiger partial charge >= 0.3 is 0 Å². The molecule has 1 atom stereocenters. The van der Waals surface area contributed by atoms with Crippen molar-refractivity contribution in [2.24, 2.45) is 0 Å². The molecule has 4 nitrogen and oxygen atoms in total. The third-order valence-electron chi connectivity index (χ3n) is 2.57. The minimum Gasteiger partial charge on any atom is -0.469 e. The van der Waals surface area contributed by atoms with Crippen LogP contribution in [0.1, 0.15) is 12.7 Å². The van der Waals surface area contributed by atoms with Crippen LogP contribution in [0.3, 0.4) is 0 Å². The third kappa shape index (κ3) is 3.59. The molecular formula is C13H14ClNO3S. The van der Waals surface area contributed by atoms with Crippen LogP contribution < -0.4 is 4.72 Å². The summed E-state index contributed by atoms with van der Waals surface area (Å²) in [4.78, 5) is 0.0861. The predicted octanol–water partition coefficient (Wildman–Crippen LogP) is 2.84. The van der Waals surface area contributed by atoms with Gasteiger partial charge in [0.05, 0.1) is 11.3 Å². The second-order valence-corrected chi connectivity index (χ2v) is 6.33. The van der Waals surface area contributed by atoms with Crippen LogP contribution in [0.2, 0.25) is 5.02 Å². The van der Waals surface area contributed by atoms with Gasteiger partial charge in [-0.05, 0) is 31.2 Å². The highest BCUT2D eigenvalue weighted by Crippen LogP contribution is 2.20. The van der Waals surface area contributed by atoms with E-state index in [-0.39, 0.29) is 16.0 Å². The van der Waals surface area contributed by atoms with Crippen molar-refractivity contribution in [3.63, 3.8) is 0 Å². The molecule has 2 rings (SSSR count). The van der Waals surface area contributed by atoms with Gasteiger partial charge in [-0.1, -0.05) is 23.7 Å². The molecule has 102 valence electrons. The zero-order valence-electron chi connectivity index (χ0n) is 10.3. The fraction of sp³-hybridized carbons (Fsp3) is 0.231. The molecule has 0 fully saturated rings. The lowest BCUT2D eigenvalue weighted by Gasteiger charge is -2.13. The molecular weight excluding hydrogens is 286 g/mol. The van der Waals surface area contributed by atoms with Gasteiger partial charge in [-0.15, -0.1) is 0 Å². The monoisotopic (exact) mass is 299 g/mol. The number of hydrogen-bond acceptors (Lipinski definition) is 3. The molecule has 2 aromatic rings. The van der Waals surface area contributed by atoms with E-state index in [4.69, 9.17) is 16.0 Å². The van der Waals surface area contributed by atoms with E-state index in [0.29, 0.717) is 6.42 Å². The van der Waals surface area contributed by atoms with Crippen molar-refractivity contribution in [2.45, 2.75) is 24.3 Å². The molecule has 0 aliphatic rings. The summed E-state index contributed by atoms with van der Waals surface area (Å²) >= 11 is 5.90.